The first-order chi connectivity index (χ1) is 12.6. The standard InChI is InChI=1S/C22H22ClNO2/c1-16(15-18-9-6-8-17-7-2-3-10-19(17)18)22(25)24-13-14-26-21-12-5-4-11-20(21)23/h2-12,16H,13-15H2,1H3,(H,24,25). The number of fused-ring (bicyclic) bond motifs is 1. The Labute approximate surface area is 158 Å². The van der Waals surface area contributed by atoms with Crippen LogP contribution < -0.4 is 10.1 Å². The van der Waals surface area contributed by atoms with Crippen LogP contribution in [0.25, 0.3) is 10.8 Å². The van der Waals surface area contributed by atoms with Gasteiger partial charge in [0.2, 0.25) is 5.91 Å². The average Bonchev–Trinajstić information content (AvgIpc) is 2.66. The van der Waals surface area contributed by atoms with Crippen molar-refractivity contribution in [3.05, 3.63) is 77.3 Å². The van der Waals surface area contributed by atoms with Crippen molar-refractivity contribution in [3.8, 4) is 5.75 Å². The minimum Gasteiger partial charge on any atom is -0.490 e. The van der Waals surface area contributed by atoms with E-state index >= 15 is 0 Å². The van der Waals surface area contributed by atoms with Gasteiger partial charge in [-0.1, -0.05) is 73.1 Å². The van der Waals surface area contributed by atoms with Crippen LogP contribution in [0.15, 0.2) is 66.7 Å². The fraction of sp³-hybridized carbons (Fsp3) is 0.227. The van der Waals surface area contributed by atoms with Gasteiger partial charge in [-0.25, -0.2) is 0 Å². The second kappa shape index (κ2) is 8.72. The summed E-state index contributed by atoms with van der Waals surface area (Å²) in [4.78, 5) is 12.4. The third kappa shape index (κ3) is 4.55. The Balaban J connectivity index is 1.51. The number of amides is 1. The number of nitrogens with one attached hydrogen (secondary N) is 1. The SMILES string of the molecule is CC(Cc1cccc2ccccc12)C(=O)NCCOc1ccccc1Cl. The van der Waals surface area contributed by atoms with Crippen LogP contribution in [0.3, 0.4) is 0 Å². The molecule has 0 aromatic heterocycles. The van der Waals surface area contributed by atoms with E-state index in [1.807, 2.05) is 43.3 Å². The molecule has 0 saturated carbocycles. The van der Waals surface area contributed by atoms with Gasteiger partial charge in [0.05, 0.1) is 11.6 Å². The number of hydrogen-bond donors (Lipinski definition) is 1. The Kier molecular flexibility index (Phi) is 6.13. The smallest absolute Gasteiger partial charge is 0.223 e. The van der Waals surface area contributed by atoms with Crippen molar-refractivity contribution in [2.24, 2.45) is 5.92 Å². The van der Waals surface area contributed by atoms with Gasteiger partial charge in [-0.05, 0) is 34.9 Å². The van der Waals surface area contributed by atoms with E-state index in [0.29, 0.717) is 30.3 Å². The molecule has 0 saturated heterocycles. The number of halogens is 1. The molecule has 0 heterocycles. The van der Waals surface area contributed by atoms with Gasteiger partial charge in [0.1, 0.15) is 12.4 Å². The summed E-state index contributed by atoms with van der Waals surface area (Å²) < 4.78 is 5.60. The van der Waals surface area contributed by atoms with Crippen LogP contribution in [0, 0.1) is 5.92 Å². The summed E-state index contributed by atoms with van der Waals surface area (Å²) in [5, 5.41) is 5.91. The highest BCUT2D eigenvalue weighted by Gasteiger charge is 2.14. The normalized spacial score (nSPS) is 11.9. The molecule has 3 aromatic carbocycles. The Bertz CT molecular complexity index is 889. The molecule has 1 unspecified atom stereocenters. The molecular weight excluding hydrogens is 346 g/mol. The molecule has 0 bridgehead atoms. The van der Waals surface area contributed by atoms with Crippen LogP contribution in [-0.4, -0.2) is 19.1 Å². The lowest BCUT2D eigenvalue weighted by molar-refractivity contribution is -0.124. The molecule has 0 spiro atoms. The summed E-state index contributed by atoms with van der Waals surface area (Å²) in [6, 6.07) is 21.8. The van der Waals surface area contributed by atoms with E-state index in [1.54, 1.807) is 6.07 Å². The summed E-state index contributed by atoms with van der Waals surface area (Å²) in [6.45, 7) is 2.78. The number of benzene rings is 3. The predicted octanol–water partition coefficient (Wildman–Crippen LogP) is 4.87. The van der Waals surface area contributed by atoms with E-state index in [1.165, 1.54) is 16.3 Å². The third-order valence-electron chi connectivity index (χ3n) is 4.35. The van der Waals surface area contributed by atoms with E-state index in [2.05, 4.69) is 29.6 Å². The number of rotatable bonds is 7. The quantitative estimate of drug-likeness (QED) is 0.605. The zero-order valence-corrected chi connectivity index (χ0v) is 15.5. The Hall–Kier alpha value is -2.52. The molecular formula is C22H22ClNO2. The molecule has 3 rings (SSSR count). The molecule has 0 aliphatic heterocycles. The average molecular weight is 368 g/mol. The molecule has 26 heavy (non-hydrogen) atoms. The van der Waals surface area contributed by atoms with Crippen LogP contribution in [0.1, 0.15) is 12.5 Å². The molecule has 1 N–H and O–H groups in total. The van der Waals surface area contributed by atoms with E-state index in [-0.39, 0.29) is 11.8 Å². The lowest BCUT2D eigenvalue weighted by Crippen LogP contribution is -2.33. The molecule has 0 fully saturated rings. The van der Waals surface area contributed by atoms with Crippen molar-refractivity contribution in [2.75, 3.05) is 13.2 Å². The van der Waals surface area contributed by atoms with Crippen molar-refractivity contribution in [1.82, 2.24) is 5.32 Å². The minimum atomic E-state index is -0.110. The molecule has 134 valence electrons. The Morgan fingerprint density at radius 2 is 1.77 bits per heavy atom. The van der Waals surface area contributed by atoms with Gasteiger partial charge >= 0.3 is 0 Å². The first-order valence-electron chi connectivity index (χ1n) is 8.77. The second-order valence-electron chi connectivity index (χ2n) is 6.31. The molecule has 0 aliphatic rings. The number of carbonyl (C=O) groups is 1. The highest BCUT2D eigenvalue weighted by Crippen LogP contribution is 2.23. The summed E-state index contributed by atoms with van der Waals surface area (Å²) >= 11 is 6.04. The van der Waals surface area contributed by atoms with Crippen molar-refractivity contribution in [2.45, 2.75) is 13.3 Å². The fourth-order valence-corrected chi connectivity index (χ4v) is 3.15. The number of ether oxygens (including phenoxy) is 1. The maximum Gasteiger partial charge on any atom is 0.223 e. The van der Waals surface area contributed by atoms with Gasteiger partial charge in [0, 0.05) is 5.92 Å². The van der Waals surface area contributed by atoms with E-state index < -0.39 is 0 Å². The summed E-state index contributed by atoms with van der Waals surface area (Å²) in [6.07, 6.45) is 0.707. The van der Waals surface area contributed by atoms with Crippen molar-refractivity contribution in [3.63, 3.8) is 0 Å². The van der Waals surface area contributed by atoms with Gasteiger partial charge in [0.15, 0.2) is 0 Å². The molecule has 3 nitrogen and oxygen atoms in total. The molecule has 0 aliphatic carbocycles. The molecule has 1 amide bonds. The second-order valence-corrected chi connectivity index (χ2v) is 6.72. The zero-order chi connectivity index (χ0) is 18.4. The summed E-state index contributed by atoms with van der Waals surface area (Å²) in [5.74, 6) is 0.550. The maximum absolute atomic E-state index is 12.4. The fourth-order valence-electron chi connectivity index (χ4n) is 2.96. The van der Waals surface area contributed by atoms with Crippen LogP contribution >= 0.6 is 11.6 Å². The third-order valence-corrected chi connectivity index (χ3v) is 4.66. The van der Waals surface area contributed by atoms with Crippen LogP contribution in [0.2, 0.25) is 5.02 Å². The van der Waals surface area contributed by atoms with Crippen LogP contribution in [0.4, 0.5) is 0 Å². The Morgan fingerprint density at radius 3 is 2.62 bits per heavy atom. The first-order valence-corrected chi connectivity index (χ1v) is 9.14. The van der Waals surface area contributed by atoms with Gasteiger partial charge < -0.3 is 10.1 Å². The number of hydrogen-bond acceptors (Lipinski definition) is 2. The number of para-hydroxylation sites is 1. The Morgan fingerprint density at radius 1 is 1.04 bits per heavy atom. The van der Waals surface area contributed by atoms with E-state index in [0.717, 1.165) is 0 Å². The molecule has 0 radical (unpaired) electrons. The summed E-state index contributed by atoms with van der Waals surface area (Å²) in [7, 11) is 0. The minimum absolute atomic E-state index is 0.0284. The largest absolute Gasteiger partial charge is 0.490 e. The van der Waals surface area contributed by atoms with Crippen molar-refractivity contribution in [1.29, 1.82) is 0 Å². The maximum atomic E-state index is 12.4. The van der Waals surface area contributed by atoms with E-state index in [9.17, 15) is 4.79 Å². The zero-order valence-electron chi connectivity index (χ0n) is 14.7. The topological polar surface area (TPSA) is 38.3 Å². The summed E-state index contributed by atoms with van der Waals surface area (Å²) in [5.41, 5.74) is 1.19. The van der Waals surface area contributed by atoms with Crippen LogP contribution in [0.5, 0.6) is 5.75 Å². The first kappa shape index (κ1) is 18.3. The van der Waals surface area contributed by atoms with Gasteiger partial charge in [-0.2, -0.15) is 0 Å². The molecule has 4 heteroatoms. The van der Waals surface area contributed by atoms with Gasteiger partial charge in [-0.15, -0.1) is 0 Å². The number of carbonyl (C=O) groups excluding carboxylic acids is 1. The lowest BCUT2D eigenvalue weighted by atomic mass is 9.95. The molecule has 1 atom stereocenters. The molecule has 3 aromatic rings. The van der Waals surface area contributed by atoms with Gasteiger partial charge in [-0.3, -0.25) is 4.79 Å². The highest BCUT2D eigenvalue weighted by atomic mass is 35.5. The predicted molar refractivity (Wildman–Crippen MR) is 107 cm³/mol. The van der Waals surface area contributed by atoms with Crippen LogP contribution in [-0.2, 0) is 11.2 Å². The van der Waals surface area contributed by atoms with Crippen molar-refractivity contribution < 1.29 is 9.53 Å². The van der Waals surface area contributed by atoms with Gasteiger partial charge in [0.25, 0.3) is 0 Å². The van der Waals surface area contributed by atoms with E-state index in [4.69, 9.17) is 16.3 Å². The highest BCUT2D eigenvalue weighted by molar-refractivity contribution is 6.32. The lowest BCUT2D eigenvalue weighted by Gasteiger charge is -2.14. The van der Waals surface area contributed by atoms with Crippen molar-refractivity contribution >= 4 is 28.3 Å². The monoisotopic (exact) mass is 367 g/mol.